The normalized spacial score (nSPS) is 10.3. The summed E-state index contributed by atoms with van der Waals surface area (Å²) in [6, 6.07) is 12.0. The van der Waals surface area contributed by atoms with Crippen molar-refractivity contribution in [3.05, 3.63) is 72.3 Å². The van der Waals surface area contributed by atoms with Gasteiger partial charge < -0.3 is 20.1 Å². The Labute approximate surface area is 158 Å². The number of benzene rings is 2. The summed E-state index contributed by atoms with van der Waals surface area (Å²) < 4.78 is 10.8. The van der Waals surface area contributed by atoms with Crippen molar-refractivity contribution in [2.45, 2.75) is 0 Å². The van der Waals surface area contributed by atoms with E-state index in [1.165, 1.54) is 6.08 Å². The van der Waals surface area contributed by atoms with Gasteiger partial charge in [0.25, 0.3) is 5.91 Å². The van der Waals surface area contributed by atoms with Gasteiger partial charge in [-0.1, -0.05) is 18.7 Å². The molecule has 6 nitrogen and oxygen atoms in total. The molecule has 0 saturated carbocycles. The van der Waals surface area contributed by atoms with Crippen molar-refractivity contribution in [3.63, 3.8) is 0 Å². The first-order valence-electron chi connectivity index (χ1n) is 8.30. The van der Waals surface area contributed by atoms with Crippen LogP contribution in [0.5, 0.6) is 11.5 Å². The van der Waals surface area contributed by atoms with Crippen LogP contribution in [-0.4, -0.2) is 32.6 Å². The molecule has 0 radical (unpaired) electrons. The van der Waals surface area contributed by atoms with Crippen LogP contribution in [0.3, 0.4) is 0 Å². The van der Waals surface area contributed by atoms with Gasteiger partial charge in [0.15, 0.2) is 11.5 Å². The van der Waals surface area contributed by atoms with Gasteiger partial charge in [-0.25, -0.2) is 0 Å². The molecular formula is C21H22N2O4. The predicted molar refractivity (Wildman–Crippen MR) is 106 cm³/mol. The number of carbonyl (C=O) groups is 2. The lowest BCUT2D eigenvalue weighted by Gasteiger charge is -2.09. The molecule has 0 aromatic heterocycles. The van der Waals surface area contributed by atoms with E-state index in [0.717, 1.165) is 5.56 Å². The van der Waals surface area contributed by atoms with E-state index in [-0.39, 0.29) is 11.8 Å². The quantitative estimate of drug-likeness (QED) is 0.555. The number of nitrogens with one attached hydrogen (secondary N) is 2. The number of ether oxygens (including phenoxy) is 2. The lowest BCUT2D eigenvalue weighted by molar-refractivity contribution is -0.111. The fourth-order valence-electron chi connectivity index (χ4n) is 2.26. The smallest absolute Gasteiger partial charge is 0.251 e. The van der Waals surface area contributed by atoms with Gasteiger partial charge in [0, 0.05) is 24.4 Å². The minimum Gasteiger partial charge on any atom is -0.493 e. The van der Waals surface area contributed by atoms with Gasteiger partial charge >= 0.3 is 0 Å². The zero-order valence-corrected chi connectivity index (χ0v) is 15.3. The topological polar surface area (TPSA) is 76.7 Å². The number of rotatable bonds is 8. The number of hydrogen-bond acceptors (Lipinski definition) is 4. The molecule has 0 aliphatic rings. The molecule has 140 valence electrons. The van der Waals surface area contributed by atoms with Gasteiger partial charge in [-0.15, -0.1) is 0 Å². The standard InChI is InChI=1S/C21H22N2O4/c1-4-13-27-18-11-5-15(14-19(18)26-3)6-12-20(24)23-17-9-7-16(8-10-17)21(25)22-2/h4-12,14H,1,13H2,2-3H3,(H,22,25)(H,23,24)/b12-6+. The number of hydrogen-bond donors (Lipinski definition) is 2. The van der Waals surface area contributed by atoms with Crippen molar-refractivity contribution < 1.29 is 19.1 Å². The predicted octanol–water partition coefficient (Wildman–Crippen LogP) is 3.27. The van der Waals surface area contributed by atoms with E-state index in [0.29, 0.717) is 29.4 Å². The minimum absolute atomic E-state index is 0.178. The summed E-state index contributed by atoms with van der Waals surface area (Å²) in [5.74, 6) is 0.718. The fourth-order valence-corrected chi connectivity index (χ4v) is 2.26. The second-order valence-corrected chi connectivity index (χ2v) is 5.49. The van der Waals surface area contributed by atoms with Crippen molar-refractivity contribution in [2.24, 2.45) is 0 Å². The number of amides is 2. The molecular weight excluding hydrogens is 344 g/mol. The molecule has 0 saturated heterocycles. The zero-order chi connectivity index (χ0) is 19.6. The van der Waals surface area contributed by atoms with Gasteiger partial charge in [-0.2, -0.15) is 0 Å². The van der Waals surface area contributed by atoms with Crippen molar-refractivity contribution in [3.8, 4) is 11.5 Å². The number of carbonyl (C=O) groups excluding carboxylic acids is 2. The highest BCUT2D eigenvalue weighted by Crippen LogP contribution is 2.28. The molecule has 2 aromatic carbocycles. The van der Waals surface area contributed by atoms with Gasteiger partial charge in [-0.05, 0) is 48.0 Å². The van der Waals surface area contributed by atoms with E-state index in [1.54, 1.807) is 62.7 Å². The molecule has 0 spiro atoms. The van der Waals surface area contributed by atoms with E-state index >= 15 is 0 Å². The van der Waals surface area contributed by atoms with Crippen molar-refractivity contribution in [1.82, 2.24) is 5.32 Å². The van der Waals surface area contributed by atoms with Crippen LogP contribution in [0.1, 0.15) is 15.9 Å². The second kappa shape index (κ2) is 9.82. The lowest BCUT2D eigenvalue weighted by atomic mass is 10.1. The molecule has 0 unspecified atom stereocenters. The lowest BCUT2D eigenvalue weighted by Crippen LogP contribution is -2.17. The highest BCUT2D eigenvalue weighted by molar-refractivity contribution is 6.02. The first kappa shape index (κ1) is 19.8. The van der Waals surface area contributed by atoms with Crippen molar-refractivity contribution in [1.29, 1.82) is 0 Å². The third kappa shape index (κ3) is 5.74. The first-order chi connectivity index (χ1) is 13.1. The van der Waals surface area contributed by atoms with Crippen LogP contribution >= 0.6 is 0 Å². The maximum absolute atomic E-state index is 12.1. The average Bonchev–Trinajstić information content (AvgIpc) is 2.70. The maximum Gasteiger partial charge on any atom is 0.251 e. The largest absolute Gasteiger partial charge is 0.493 e. The van der Waals surface area contributed by atoms with Crippen molar-refractivity contribution >= 4 is 23.6 Å². The van der Waals surface area contributed by atoms with Gasteiger partial charge in [0.05, 0.1) is 7.11 Å². The first-order valence-corrected chi connectivity index (χ1v) is 8.30. The van der Waals surface area contributed by atoms with Crippen LogP contribution < -0.4 is 20.1 Å². The van der Waals surface area contributed by atoms with E-state index in [2.05, 4.69) is 17.2 Å². The summed E-state index contributed by atoms with van der Waals surface area (Å²) in [7, 11) is 3.12. The molecule has 2 aromatic rings. The van der Waals surface area contributed by atoms with Crippen LogP contribution in [-0.2, 0) is 4.79 Å². The van der Waals surface area contributed by atoms with Crippen LogP contribution in [0.2, 0.25) is 0 Å². The monoisotopic (exact) mass is 366 g/mol. The van der Waals surface area contributed by atoms with Crippen LogP contribution in [0.4, 0.5) is 5.69 Å². The summed E-state index contributed by atoms with van der Waals surface area (Å²) >= 11 is 0. The summed E-state index contributed by atoms with van der Waals surface area (Å²) in [6.45, 7) is 3.99. The highest BCUT2D eigenvalue weighted by Gasteiger charge is 2.05. The average molecular weight is 366 g/mol. The Hall–Kier alpha value is -3.54. The number of anilines is 1. The van der Waals surface area contributed by atoms with Crippen LogP contribution in [0.25, 0.3) is 6.08 Å². The fraction of sp³-hybridized carbons (Fsp3) is 0.143. The maximum atomic E-state index is 12.1. The third-order valence-electron chi connectivity index (χ3n) is 3.61. The third-order valence-corrected chi connectivity index (χ3v) is 3.61. The second-order valence-electron chi connectivity index (χ2n) is 5.49. The molecule has 0 heterocycles. The van der Waals surface area contributed by atoms with E-state index < -0.39 is 0 Å². The van der Waals surface area contributed by atoms with E-state index in [4.69, 9.17) is 9.47 Å². The minimum atomic E-state index is -0.284. The molecule has 27 heavy (non-hydrogen) atoms. The van der Waals surface area contributed by atoms with Crippen LogP contribution in [0.15, 0.2) is 61.2 Å². The van der Waals surface area contributed by atoms with Gasteiger partial charge in [0.1, 0.15) is 6.61 Å². The Balaban J connectivity index is 2.01. The summed E-state index contributed by atoms with van der Waals surface area (Å²) in [4.78, 5) is 23.6. The Morgan fingerprint density at radius 3 is 2.48 bits per heavy atom. The summed E-state index contributed by atoms with van der Waals surface area (Å²) in [5, 5.41) is 5.28. The molecule has 0 fully saturated rings. The summed E-state index contributed by atoms with van der Waals surface area (Å²) in [6.07, 6.45) is 4.75. The Bertz CT molecular complexity index is 842. The highest BCUT2D eigenvalue weighted by atomic mass is 16.5. The molecule has 2 N–H and O–H groups in total. The summed E-state index contributed by atoms with van der Waals surface area (Å²) in [5.41, 5.74) is 1.92. The van der Waals surface area contributed by atoms with Gasteiger partial charge in [-0.3, -0.25) is 9.59 Å². The number of methoxy groups -OCH3 is 1. The van der Waals surface area contributed by atoms with E-state index in [1.807, 2.05) is 6.07 Å². The SMILES string of the molecule is C=CCOc1ccc(/C=C/C(=O)Nc2ccc(C(=O)NC)cc2)cc1OC. The Morgan fingerprint density at radius 1 is 1.11 bits per heavy atom. The molecule has 0 atom stereocenters. The Kier molecular flexibility index (Phi) is 7.19. The van der Waals surface area contributed by atoms with Crippen LogP contribution in [0, 0.1) is 0 Å². The van der Waals surface area contributed by atoms with Crippen molar-refractivity contribution in [2.75, 3.05) is 26.1 Å². The zero-order valence-electron chi connectivity index (χ0n) is 15.3. The molecule has 2 rings (SSSR count). The molecule has 2 amide bonds. The molecule has 0 bridgehead atoms. The molecule has 6 heteroatoms. The molecule has 0 aliphatic heterocycles. The Morgan fingerprint density at radius 2 is 1.85 bits per heavy atom. The van der Waals surface area contributed by atoms with E-state index in [9.17, 15) is 9.59 Å². The van der Waals surface area contributed by atoms with Gasteiger partial charge in [0.2, 0.25) is 5.91 Å². The molecule has 0 aliphatic carbocycles.